The van der Waals surface area contributed by atoms with Crippen molar-refractivity contribution in [2.24, 2.45) is 5.73 Å². The Morgan fingerprint density at radius 2 is 1.55 bits per heavy atom. The fourth-order valence-corrected chi connectivity index (χ4v) is 2.66. The molecule has 0 bridgehead atoms. The first kappa shape index (κ1) is 14.7. The van der Waals surface area contributed by atoms with Gasteiger partial charge in [0, 0.05) is 6.07 Å². The molecular formula is C17H19F2N. The normalized spacial score (nSPS) is 14.0. The molecule has 0 heterocycles. The number of hydrogen-bond acceptors (Lipinski definition) is 1. The fraction of sp³-hybridized carbons (Fsp3) is 0.294. The summed E-state index contributed by atoms with van der Waals surface area (Å²) in [6.07, 6.45) is 0.781. The van der Waals surface area contributed by atoms with E-state index in [4.69, 9.17) is 5.73 Å². The van der Waals surface area contributed by atoms with Crippen LogP contribution in [0.5, 0.6) is 0 Å². The van der Waals surface area contributed by atoms with E-state index in [0.29, 0.717) is 12.1 Å². The van der Waals surface area contributed by atoms with Crippen molar-refractivity contribution < 1.29 is 8.78 Å². The van der Waals surface area contributed by atoms with Crippen LogP contribution in [0.1, 0.15) is 36.3 Å². The van der Waals surface area contributed by atoms with Crippen molar-refractivity contribution in [3.8, 4) is 0 Å². The van der Waals surface area contributed by atoms with Gasteiger partial charge in [0.25, 0.3) is 0 Å². The minimum Gasteiger partial charge on any atom is -0.330 e. The summed E-state index contributed by atoms with van der Waals surface area (Å²) in [5.41, 5.74) is 7.51. The number of rotatable bonds is 5. The molecule has 0 saturated heterocycles. The zero-order chi connectivity index (χ0) is 14.5. The van der Waals surface area contributed by atoms with Crippen molar-refractivity contribution in [3.05, 3.63) is 71.3 Å². The molecule has 0 aliphatic rings. The molecule has 0 fully saturated rings. The second-order valence-electron chi connectivity index (χ2n) is 5.09. The molecule has 2 unspecified atom stereocenters. The van der Waals surface area contributed by atoms with Crippen molar-refractivity contribution >= 4 is 0 Å². The maximum absolute atomic E-state index is 13.4. The molecule has 20 heavy (non-hydrogen) atoms. The fourth-order valence-electron chi connectivity index (χ4n) is 2.66. The Balaban J connectivity index is 2.33. The smallest absolute Gasteiger partial charge is 0.126 e. The average molecular weight is 275 g/mol. The highest BCUT2D eigenvalue weighted by molar-refractivity contribution is 5.29. The summed E-state index contributed by atoms with van der Waals surface area (Å²) < 4.78 is 26.8. The van der Waals surface area contributed by atoms with Crippen molar-refractivity contribution in [2.75, 3.05) is 6.54 Å². The van der Waals surface area contributed by atoms with Gasteiger partial charge in [-0.1, -0.05) is 37.3 Å². The van der Waals surface area contributed by atoms with Crippen LogP contribution in [0.2, 0.25) is 0 Å². The van der Waals surface area contributed by atoms with Crippen LogP contribution in [-0.2, 0) is 0 Å². The molecule has 2 atom stereocenters. The van der Waals surface area contributed by atoms with E-state index in [2.05, 4.69) is 0 Å². The lowest BCUT2D eigenvalue weighted by Gasteiger charge is -2.24. The summed E-state index contributed by atoms with van der Waals surface area (Å²) in [5.74, 6) is -0.911. The van der Waals surface area contributed by atoms with Gasteiger partial charge in [-0.15, -0.1) is 0 Å². The maximum atomic E-state index is 13.4. The van der Waals surface area contributed by atoms with E-state index in [9.17, 15) is 8.78 Å². The first-order chi connectivity index (χ1) is 9.61. The Morgan fingerprint density at radius 3 is 2.10 bits per heavy atom. The van der Waals surface area contributed by atoms with Crippen molar-refractivity contribution in [2.45, 2.75) is 25.2 Å². The van der Waals surface area contributed by atoms with E-state index >= 15 is 0 Å². The van der Waals surface area contributed by atoms with Crippen molar-refractivity contribution in [1.82, 2.24) is 0 Å². The molecule has 2 aromatic rings. The molecule has 1 nitrogen and oxygen atoms in total. The van der Waals surface area contributed by atoms with E-state index in [1.165, 1.54) is 12.1 Å². The third-order valence-electron chi connectivity index (χ3n) is 3.72. The van der Waals surface area contributed by atoms with E-state index in [-0.39, 0.29) is 11.8 Å². The van der Waals surface area contributed by atoms with Crippen LogP contribution >= 0.6 is 0 Å². The molecule has 0 aromatic heterocycles. The lowest BCUT2D eigenvalue weighted by Crippen LogP contribution is -2.14. The van der Waals surface area contributed by atoms with E-state index < -0.39 is 11.6 Å². The summed E-state index contributed by atoms with van der Waals surface area (Å²) in [5, 5.41) is 0. The molecule has 2 aromatic carbocycles. The number of benzene rings is 2. The molecule has 106 valence electrons. The van der Waals surface area contributed by atoms with Crippen LogP contribution in [0.15, 0.2) is 48.5 Å². The van der Waals surface area contributed by atoms with Gasteiger partial charge in [0.15, 0.2) is 0 Å². The monoisotopic (exact) mass is 275 g/mol. The SMILES string of the molecule is CC(c1cc(F)cc(F)c1)C(CCN)c1ccccc1. The minimum absolute atomic E-state index is 0.00569. The molecule has 0 amide bonds. The summed E-state index contributed by atoms with van der Waals surface area (Å²) in [6.45, 7) is 2.53. The summed E-state index contributed by atoms with van der Waals surface area (Å²) in [7, 11) is 0. The summed E-state index contributed by atoms with van der Waals surface area (Å²) >= 11 is 0. The van der Waals surface area contributed by atoms with Crippen LogP contribution in [0.25, 0.3) is 0 Å². The molecule has 0 spiro atoms. The quantitative estimate of drug-likeness (QED) is 0.869. The lowest BCUT2D eigenvalue weighted by molar-refractivity contribution is 0.527. The van der Waals surface area contributed by atoms with Gasteiger partial charge in [-0.2, -0.15) is 0 Å². The maximum Gasteiger partial charge on any atom is 0.126 e. The third-order valence-corrected chi connectivity index (χ3v) is 3.72. The Morgan fingerprint density at radius 1 is 0.950 bits per heavy atom. The van der Waals surface area contributed by atoms with Gasteiger partial charge in [0.2, 0.25) is 0 Å². The highest BCUT2D eigenvalue weighted by Crippen LogP contribution is 2.35. The van der Waals surface area contributed by atoms with Gasteiger partial charge < -0.3 is 5.73 Å². The predicted octanol–water partition coefficient (Wildman–Crippen LogP) is 4.20. The molecule has 0 aliphatic carbocycles. The summed E-state index contributed by atoms with van der Waals surface area (Å²) in [4.78, 5) is 0. The Kier molecular flexibility index (Phi) is 4.85. The Hall–Kier alpha value is -1.74. The average Bonchev–Trinajstić information content (AvgIpc) is 2.44. The second-order valence-corrected chi connectivity index (χ2v) is 5.09. The topological polar surface area (TPSA) is 26.0 Å². The zero-order valence-electron chi connectivity index (χ0n) is 11.5. The predicted molar refractivity (Wildman–Crippen MR) is 77.6 cm³/mol. The largest absolute Gasteiger partial charge is 0.330 e. The van der Waals surface area contributed by atoms with Crippen LogP contribution in [0.3, 0.4) is 0 Å². The Bertz CT molecular complexity index is 534. The standard InChI is InChI=1S/C17H19F2N/c1-12(14-9-15(18)11-16(19)10-14)17(7-8-20)13-5-3-2-4-6-13/h2-6,9-12,17H,7-8,20H2,1H3. The molecule has 0 aliphatic heterocycles. The van der Waals surface area contributed by atoms with Gasteiger partial charge in [0.1, 0.15) is 11.6 Å². The van der Waals surface area contributed by atoms with E-state index in [1.54, 1.807) is 0 Å². The lowest BCUT2D eigenvalue weighted by atomic mass is 9.80. The highest BCUT2D eigenvalue weighted by atomic mass is 19.1. The van der Waals surface area contributed by atoms with E-state index in [0.717, 1.165) is 18.1 Å². The van der Waals surface area contributed by atoms with Crippen LogP contribution in [-0.4, -0.2) is 6.54 Å². The van der Waals surface area contributed by atoms with Gasteiger partial charge in [-0.3, -0.25) is 0 Å². The molecule has 3 heteroatoms. The van der Waals surface area contributed by atoms with Gasteiger partial charge in [-0.05, 0) is 48.1 Å². The minimum atomic E-state index is -0.536. The van der Waals surface area contributed by atoms with Crippen LogP contribution in [0.4, 0.5) is 8.78 Å². The van der Waals surface area contributed by atoms with E-state index in [1.807, 2.05) is 37.3 Å². The number of halogens is 2. The number of nitrogens with two attached hydrogens (primary N) is 1. The summed E-state index contributed by atoms with van der Waals surface area (Å²) in [6, 6.07) is 13.7. The zero-order valence-corrected chi connectivity index (χ0v) is 11.5. The first-order valence-corrected chi connectivity index (χ1v) is 6.83. The first-order valence-electron chi connectivity index (χ1n) is 6.83. The Labute approximate surface area is 118 Å². The molecular weight excluding hydrogens is 256 g/mol. The van der Waals surface area contributed by atoms with Crippen LogP contribution in [0, 0.1) is 11.6 Å². The van der Waals surface area contributed by atoms with Crippen molar-refractivity contribution in [1.29, 1.82) is 0 Å². The van der Waals surface area contributed by atoms with Gasteiger partial charge in [0.05, 0.1) is 0 Å². The third kappa shape index (κ3) is 3.42. The molecule has 2 rings (SSSR count). The number of hydrogen-bond donors (Lipinski definition) is 1. The van der Waals surface area contributed by atoms with Gasteiger partial charge >= 0.3 is 0 Å². The highest BCUT2D eigenvalue weighted by Gasteiger charge is 2.21. The molecule has 2 N–H and O–H groups in total. The molecule has 0 radical (unpaired) electrons. The van der Waals surface area contributed by atoms with Gasteiger partial charge in [-0.25, -0.2) is 8.78 Å². The van der Waals surface area contributed by atoms with Crippen LogP contribution < -0.4 is 5.73 Å². The second kappa shape index (κ2) is 6.62. The van der Waals surface area contributed by atoms with Crippen molar-refractivity contribution in [3.63, 3.8) is 0 Å². The molecule has 0 saturated carbocycles.